The van der Waals surface area contributed by atoms with Gasteiger partial charge in [0.05, 0.1) is 34.6 Å². The van der Waals surface area contributed by atoms with E-state index in [1.165, 1.54) is 0 Å². The first-order valence-corrected chi connectivity index (χ1v) is 13.9. The van der Waals surface area contributed by atoms with Crippen molar-refractivity contribution >= 4 is 33.4 Å². The predicted molar refractivity (Wildman–Crippen MR) is 152 cm³/mol. The van der Waals surface area contributed by atoms with Crippen LogP contribution >= 0.6 is 0 Å². The Balaban J connectivity index is 1.40. The van der Waals surface area contributed by atoms with Gasteiger partial charge in [0.25, 0.3) is 0 Å². The summed E-state index contributed by atoms with van der Waals surface area (Å²) in [6, 6.07) is 20.9. The minimum atomic E-state index is -0.245. The van der Waals surface area contributed by atoms with Crippen LogP contribution < -0.4 is 4.90 Å². The molecule has 1 amide bonds. The molecule has 5 aromatic rings. The smallest absolute Gasteiger partial charge is 0.227 e. The second-order valence-electron chi connectivity index (χ2n) is 11.0. The average Bonchev–Trinajstić information content (AvgIpc) is 3.62. The monoisotopic (exact) mass is 520 g/mol. The van der Waals surface area contributed by atoms with E-state index in [4.69, 9.17) is 9.51 Å². The third-order valence-electron chi connectivity index (χ3n) is 8.61. The van der Waals surface area contributed by atoms with Gasteiger partial charge in [-0.25, -0.2) is 4.98 Å². The van der Waals surface area contributed by atoms with Crippen molar-refractivity contribution in [3.63, 3.8) is 0 Å². The van der Waals surface area contributed by atoms with Gasteiger partial charge in [0.1, 0.15) is 11.6 Å². The van der Waals surface area contributed by atoms with Crippen molar-refractivity contribution in [2.45, 2.75) is 70.6 Å². The van der Waals surface area contributed by atoms with Gasteiger partial charge in [-0.1, -0.05) is 47.6 Å². The first-order chi connectivity index (χ1) is 19.0. The molecule has 7 nitrogen and oxygen atoms in total. The number of carbonyl (C=O) groups is 1. The van der Waals surface area contributed by atoms with E-state index < -0.39 is 0 Å². The molecule has 198 valence electrons. The van der Waals surface area contributed by atoms with Crippen molar-refractivity contribution in [2.75, 3.05) is 4.90 Å². The molecule has 2 aromatic heterocycles. The van der Waals surface area contributed by atoms with E-state index in [0.717, 1.165) is 88.0 Å². The number of amides is 1. The summed E-state index contributed by atoms with van der Waals surface area (Å²) in [6.45, 7) is 3.89. The summed E-state index contributed by atoms with van der Waals surface area (Å²) < 4.78 is 7.82. The predicted octanol–water partition coefficient (Wildman–Crippen LogP) is 6.81. The van der Waals surface area contributed by atoms with E-state index in [9.17, 15) is 9.90 Å². The molecule has 3 aromatic carbocycles. The highest BCUT2D eigenvalue weighted by Crippen LogP contribution is 2.43. The van der Waals surface area contributed by atoms with Crippen LogP contribution in [0, 0.1) is 13.8 Å². The molecule has 2 aliphatic rings. The molecule has 2 fully saturated rings. The van der Waals surface area contributed by atoms with Crippen molar-refractivity contribution in [1.29, 1.82) is 0 Å². The van der Waals surface area contributed by atoms with Gasteiger partial charge in [0, 0.05) is 23.4 Å². The lowest BCUT2D eigenvalue weighted by Crippen LogP contribution is -2.31. The minimum absolute atomic E-state index is 0.130. The lowest BCUT2D eigenvalue weighted by molar-refractivity contribution is -0.117. The second kappa shape index (κ2) is 9.35. The Kier molecular flexibility index (Phi) is 5.77. The molecule has 7 heteroatoms. The number of imidazole rings is 1. The van der Waals surface area contributed by atoms with Crippen molar-refractivity contribution in [2.24, 2.45) is 0 Å². The molecule has 7 rings (SSSR count). The molecule has 1 atom stereocenters. The molecule has 0 spiro atoms. The lowest BCUT2D eigenvalue weighted by Gasteiger charge is -2.32. The number of aliphatic hydroxyl groups excluding tert-OH is 1. The quantitative estimate of drug-likeness (QED) is 0.282. The molecule has 3 heterocycles. The largest absolute Gasteiger partial charge is 0.393 e. The molecule has 0 unspecified atom stereocenters. The third-order valence-corrected chi connectivity index (χ3v) is 8.61. The summed E-state index contributed by atoms with van der Waals surface area (Å²) in [6.07, 6.45) is 4.29. The number of hydrogen-bond donors (Lipinski definition) is 1. The molecule has 39 heavy (non-hydrogen) atoms. The summed E-state index contributed by atoms with van der Waals surface area (Å²) in [7, 11) is 0. The highest BCUT2D eigenvalue weighted by molar-refractivity contribution is 6.05. The van der Waals surface area contributed by atoms with Crippen LogP contribution in [-0.2, 0) is 4.79 Å². The zero-order valence-corrected chi connectivity index (χ0v) is 22.3. The lowest BCUT2D eigenvalue weighted by atomic mass is 9.92. The van der Waals surface area contributed by atoms with Gasteiger partial charge < -0.3 is 19.1 Å². The Morgan fingerprint density at radius 3 is 2.54 bits per heavy atom. The maximum absolute atomic E-state index is 13.5. The van der Waals surface area contributed by atoms with Crippen LogP contribution in [0.2, 0.25) is 0 Å². The van der Waals surface area contributed by atoms with Gasteiger partial charge in [0.15, 0.2) is 0 Å². The number of nitrogens with zero attached hydrogens (tertiary/aromatic N) is 4. The number of anilines is 1. The van der Waals surface area contributed by atoms with Crippen LogP contribution in [0.4, 0.5) is 5.69 Å². The summed E-state index contributed by atoms with van der Waals surface area (Å²) >= 11 is 0. The Hall–Kier alpha value is -3.97. The molecule has 1 aliphatic carbocycles. The highest BCUT2D eigenvalue weighted by atomic mass is 16.5. The Labute approximate surface area is 227 Å². The normalized spacial score (nSPS) is 21.9. The number of carbonyl (C=O) groups excluding carboxylic acids is 1. The molecule has 1 saturated carbocycles. The van der Waals surface area contributed by atoms with E-state index in [0.29, 0.717) is 6.42 Å². The average molecular weight is 521 g/mol. The SMILES string of the molecule is Cc1noc(C)c1-c1ccc2c(c1)nc([C@@H]1CCC(=O)N1c1cccc3ccccc13)n2C1CCC(O)CC1. The number of rotatable bonds is 4. The van der Waals surface area contributed by atoms with Gasteiger partial charge in [-0.15, -0.1) is 0 Å². The zero-order chi connectivity index (χ0) is 26.7. The van der Waals surface area contributed by atoms with Gasteiger partial charge in [0.2, 0.25) is 5.91 Å². The number of aromatic nitrogens is 3. The van der Waals surface area contributed by atoms with Crippen molar-refractivity contribution < 1.29 is 14.4 Å². The number of aryl methyl sites for hydroxylation is 2. The number of fused-ring (bicyclic) bond motifs is 2. The minimum Gasteiger partial charge on any atom is -0.393 e. The van der Waals surface area contributed by atoms with Crippen LogP contribution in [0.25, 0.3) is 32.9 Å². The van der Waals surface area contributed by atoms with Gasteiger partial charge in [-0.3, -0.25) is 4.79 Å². The van der Waals surface area contributed by atoms with Crippen molar-refractivity contribution in [3.8, 4) is 11.1 Å². The first kappa shape index (κ1) is 24.1. The number of aliphatic hydroxyl groups is 1. The Morgan fingerprint density at radius 1 is 0.949 bits per heavy atom. The zero-order valence-electron chi connectivity index (χ0n) is 22.3. The maximum atomic E-state index is 13.5. The Morgan fingerprint density at radius 2 is 1.74 bits per heavy atom. The molecular formula is C32H32N4O3. The van der Waals surface area contributed by atoms with Crippen LogP contribution in [0.15, 0.2) is 65.2 Å². The summed E-state index contributed by atoms with van der Waals surface area (Å²) in [4.78, 5) is 20.7. The second-order valence-corrected chi connectivity index (χ2v) is 11.0. The van der Waals surface area contributed by atoms with Crippen LogP contribution in [0.3, 0.4) is 0 Å². The van der Waals surface area contributed by atoms with Crippen LogP contribution in [0.5, 0.6) is 0 Å². The van der Waals surface area contributed by atoms with E-state index in [-0.39, 0.29) is 24.1 Å². The van der Waals surface area contributed by atoms with E-state index in [2.05, 4.69) is 52.2 Å². The van der Waals surface area contributed by atoms with Crippen LogP contribution in [0.1, 0.15) is 67.9 Å². The standard InChI is InChI=1S/C32H32N4O3/c1-19-31(20(2)39-34-19)22-10-15-28-26(18-22)33-32(35(28)23-11-13-24(37)14-12-23)29-16-17-30(38)36(29)27-9-5-7-21-6-3-4-8-25(21)27/h3-10,15,18,23-24,29,37H,11-14,16-17H2,1-2H3/t23?,24?,29-/m0/s1. The molecule has 0 bridgehead atoms. The van der Waals surface area contributed by atoms with E-state index in [1.807, 2.05) is 36.9 Å². The third kappa shape index (κ3) is 3.95. The Bertz CT molecular complexity index is 1680. The molecule has 0 radical (unpaired) electrons. The molecule has 1 saturated heterocycles. The fraction of sp³-hybridized carbons (Fsp3) is 0.344. The van der Waals surface area contributed by atoms with E-state index in [1.54, 1.807) is 0 Å². The van der Waals surface area contributed by atoms with Gasteiger partial charge in [-0.2, -0.15) is 0 Å². The summed E-state index contributed by atoms with van der Waals surface area (Å²) in [5.74, 6) is 1.85. The van der Waals surface area contributed by atoms with Gasteiger partial charge in [-0.05, 0) is 75.1 Å². The molecule has 1 aliphatic heterocycles. The van der Waals surface area contributed by atoms with Gasteiger partial charge >= 0.3 is 0 Å². The topological polar surface area (TPSA) is 84.4 Å². The maximum Gasteiger partial charge on any atom is 0.227 e. The summed E-state index contributed by atoms with van der Waals surface area (Å²) in [5, 5.41) is 16.6. The van der Waals surface area contributed by atoms with E-state index >= 15 is 0 Å². The number of hydrogen-bond acceptors (Lipinski definition) is 5. The fourth-order valence-electron chi connectivity index (χ4n) is 6.75. The molecular weight excluding hydrogens is 488 g/mol. The highest BCUT2D eigenvalue weighted by Gasteiger charge is 2.39. The van der Waals surface area contributed by atoms with Crippen molar-refractivity contribution in [1.82, 2.24) is 14.7 Å². The van der Waals surface area contributed by atoms with Crippen LogP contribution in [-0.4, -0.2) is 31.8 Å². The number of benzene rings is 3. The molecule has 1 N–H and O–H groups in total. The fourth-order valence-corrected chi connectivity index (χ4v) is 6.75. The summed E-state index contributed by atoms with van der Waals surface area (Å²) in [5.41, 5.74) is 5.81. The first-order valence-electron chi connectivity index (χ1n) is 13.9. The van der Waals surface area contributed by atoms with Crippen molar-refractivity contribution in [3.05, 3.63) is 77.9 Å².